The third-order valence-electron chi connectivity index (χ3n) is 6.17. The lowest BCUT2D eigenvalue weighted by molar-refractivity contribution is 0.0944. The van der Waals surface area contributed by atoms with Gasteiger partial charge in [0.1, 0.15) is 18.1 Å². The summed E-state index contributed by atoms with van der Waals surface area (Å²) in [5, 5.41) is 19.8. The van der Waals surface area contributed by atoms with E-state index in [-0.39, 0.29) is 29.8 Å². The highest BCUT2D eigenvalue weighted by Gasteiger charge is 2.26. The van der Waals surface area contributed by atoms with Crippen LogP contribution in [0.5, 0.6) is 11.5 Å². The Morgan fingerprint density at radius 3 is 2.62 bits per heavy atom. The lowest BCUT2D eigenvalue weighted by Gasteiger charge is -2.16. The van der Waals surface area contributed by atoms with Gasteiger partial charge in [0.2, 0.25) is 11.6 Å². The lowest BCUT2D eigenvalue weighted by Crippen LogP contribution is -2.27. The molecule has 0 saturated heterocycles. The smallest absolute Gasteiger partial charge is 0.292 e. The SMILES string of the molecule is CCN(CC)Cc1nnn(-c2nonc2N)c1C(=O)N/N=C(/C)c1ccc(OCc2ccccc2F)c(OC)c1. The summed E-state index contributed by atoms with van der Waals surface area (Å²) in [6.45, 7) is 7.63. The second kappa shape index (κ2) is 12.8. The molecule has 0 saturated carbocycles. The number of hydrogen-bond donors (Lipinski definition) is 2. The second-order valence-electron chi connectivity index (χ2n) is 8.61. The van der Waals surface area contributed by atoms with Crippen LogP contribution >= 0.6 is 0 Å². The van der Waals surface area contributed by atoms with Crippen molar-refractivity contribution < 1.29 is 23.3 Å². The molecule has 2 aromatic heterocycles. The number of nitrogens with zero attached hydrogens (tertiary/aromatic N) is 7. The average Bonchev–Trinajstić information content (AvgIpc) is 3.59. The summed E-state index contributed by atoms with van der Waals surface area (Å²) >= 11 is 0. The quantitative estimate of drug-likeness (QED) is 0.198. The van der Waals surface area contributed by atoms with Gasteiger partial charge < -0.3 is 15.2 Å². The molecule has 0 unspecified atom stereocenters. The molecule has 40 heavy (non-hydrogen) atoms. The summed E-state index contributed by atoms with van der Waals surface area (Å²) in [6.07, 6.45) is 0. The number of aromatic nitrogens is 5. The van der Waals surface area contributed by atoms with Crippen LogP contribution in [0.25, 0.3) is 5.82 Å². The van der Waals surface area contributed by atoms with Gasteiger partial charge in [-0.25, -0.2) is 14.4 Å². The third-order valence-corrected chi connectivity index (χ3v) is 6.17. The fourth-order valence-corrected chi connectivity index (χ4v) is 3.83. The number of carbonyl (C=O) groups excluding carboxylic acids is 1. The lowest BCUT2D eigenvalue weighted by atomic mass is 10.1. The number of hydrazone groups is 1. The number of nitrogens with one attached hydrogen (secondary N) is 1. The van der Waals surface area contributed by atoms with Gasteiger partial charge in [-0.1, -0.05) is 37.3 Å². The van der Waals surface area contributed by atoms with E-state index in [1.165, 1.54) is 17.9 Å². The van der Waals surface area contributed by atoms with Crippen LogP contribution in [-0.2, 0) is 13.2 Å². The Balaban J connectivity index is 1.54. The van der Waals surface area contributed by atoms with Gasteiger partial charge in [-0.15, -0.1) is 5.10 Å². The molecule has 0 radical (unpaired) electrons. The number of nitrogen functional groups attached to an aromatic ring is 1. The Hall–Kier alpha value is -4.85. The fourth-order valence-electron chi connectivity index (χ4n) is 3.83. The van der Waals surface area contributed by atoms with Crippen molar-refractivity contribution in [3.8, 4) is 17.3 Å². The normalized spacial score (nSPS) is 11.6. The van der Waals surface area contributed by atoms with Crippen molar-refractivity contribution >= 4 is 17.4 Å². The van der Waals surface area contributed by atoms with Gasteiger partial charge in [0, 0.05) is 17.7 Å². The van der Waals surface area contributed by atoms with Gasteiger partial charge in [-0.2, -0.15) is 9.78 Å². The summed E-state index contributed by atoms with van der Waals surface area (Å²) in [5.74, 6) is -0.0761. The monoisotopic (exact) mass is 551 g/mol. The Morgan fingerprint density at radius 2 is 1.95 bits per heavy atom. The highest BCUT2D eigenvalue weighted by atomic mass is 19.1. The molecule has 0 atom stereocenters. The maximum atomic E-state index is 14.0. The zero-order chi connectivity index (χ0) is 28.6. The number of carbonyl (C=O) groups is 1. The van der Waals surface area contributed by atoms with Crippen LogP contribution in [0, 0.1) is 5.82 Å². The fraction of sp³-hybridized carbons (Fsp3) is 0.308. The van der Waals surface area contributed by atoms with Crippen molar-refractivity contribution in [2.24, 2.45) is 5.10 Å². The first-order valence-corrected chi connectivity index (χ1v) is 12.5. The number of rotatable bonds is 12. The number of anilines is 1. The summed E-state index contributed by atoms with van der Waals surface area (Å²) in [7, 11) is 1.50. The van der Waals surface area contributed by atoms with Gasteiger partial charge in [0.15, 0.2) is 17.2 Å². The first-order chi connectivity index (χ1) is 19.4. The van der Waals surface area contributed by atoms with Gasteiger partial charge in [-0.05, 0) is 54.6 Å². The summed E-state index contributed by atoms with van der Waals surface area (Å²) in [6, 6.07) is 11.5. The maximum absolute atomic E-state index is 14.0. The largest absolute Gasteiger partial charge is 0.493 e. The molecule has 0 aliphatic rings. The Morgan fingerprint density at radius 1 is 1.18 bits per heavy atom. The number of ether oxygens (including phenoxy) is 2. The summed E-state index contributed by atoms with van der Waals surface area (Å²) < 4.78 is 31.0. The van der Waals surface area contributed by atoms with E-state index >= 15 is 0 Å². The molecule has 0 fully saturated rings. The van der Waals surface area contributed by atoms with E-state index in [2.05, 4.69) is 40.7 Å². The van der Waals surface area contributed by atoms with E-state index in [1.807, 2.05) is 13.8 Å². The molecule has 3 N–H and O–H groups in total. The van der Waals surface area contributed by atoms with Crippen LogP contribution in [0.3, 0.4) is 0 Å². The highest BCUT2D eigenvalue weighted by molar-refractivity contribution is 6.01. The van der Waals surface area contributed by atoms with Crippen LogP contribution in [0.15, 0.2) is 52.2 Å². The van der Waals surface area contributed by atoms with E-state index in [9.17, 15) is 9.18 Å². The first kappa shape index (κ1) is 28.2. The van der Waals surface area contributed by atoms with Gasteiger partial charge >= 0.3 is 0 Å². The summed E-state index contributed by atoms with van der Waals surface area (Å²) in [5.41, 5.74) is 10.5. The molecule has 13 nitrogen and oxygen atoms in total. The van der Waals surface area contributed by atoms with Crippen LogP contribution in [-0.4, -0.2) is 62.0 Å². The minimum Gasteiger partial charge on any atom is -0.493 e. The Labute approximate surface area is 229 Å². The van der Waals surface area contributed by atoms with E-state index in [0.717, 1.165) is 13.1 Å². The van der Waals surface area contributed by atoms with E-state index in [4.69, 9.17) is 15.2 Å². The third kappa shape index (κ3) is 6.23. The standard InChI is InChI=1S/C26H30FN9O4/c1-5-35(6-2)14-20-23(36(34-30-20)25-24(28)32-40-33-25)26(37)31-29-16(3)17-11-12-21(22(13-17)38-4)39-15-18-9-7-8-10-19(18)27/h7-13H,5-6,14-15H2,1-4H3,(H2,28,32)(H,31,37)/b29-16-. The molecular weight excluding hydrogens is 521 g/mol. The minimum atomic E-state index is -0.578. The van der Waals surface area contributed by atoms with Gasteiger partial charge in [-0.3, -0.25) is 9.69 Å². The van der Waals surface area contributed by atoms with Crippen LogP contribution < -0.4 is 20.6 Å². The molecule has 0 spiro atoms. The molecule has 14 heteroatoms. The van der Waals surface area contributed by atoms with E-state index < -0.39 is 5.91 Å². The van der Waals surface area contributed by atoms with Crippen LogP contribution in [0.4, 0.5) is 10.2 Å². The molecule has 4 rings (SSSR count). The van der Waals surface area contributed by atoms with Crippen molar-refractivity contribution in [2.75, 3.05) is 25.9 Å². The van der Waals surface area contributed by atoms with Crippen molar-refractivity contribution in [1.82, 2.24) is 35.6 Å². The predicted molar refractivity (Wildman–Crippen MR) is 144 cm³/mol. The molecule has 0 aliphatic carbocycles. The highest BCUT2D eigenvalue weighted by Crippen LogP contribution is 2.29. The number of hydrogen-bond acceptors (Lipinski definition) is 11. The van der Waals surface area contributed by atoms with Crippen LogP contribution in [0.2, 0.25) is 0 Å². The number of halogens is 1. The van der Waals surface area contributed by atoms with Gasteiger partial charge in [0.05, 0.1) is 12.8 Å². The number of amides is 1. The zero-order valence-corrected chi connectivity index (χ0v) is 22.6. The number of methoxy groups -OCH3 is 1. The molecule has 0 bridgehead atoms. The van der Waals surface area contributed by atoms with E-state index in [0.29, 0.717) is 40.6 Å². The average molecular weight is 552 g/mol. The van der Waals surface area contributed by atoms with Crippen molar-refractivity contribution in [3.05, 3.63) is 70.8 Å². The molecule has 2 heterocycles. The van der Waals surface area contributed by atoms with Gasteiger partial charge in [0.25, 0.3) is 5.91 Å². The van der Waals surface area contributed by atoms with Crippen LogP contribution in [0.1, 0.15) is 48.1 Å². The van der Waals surface area contributed by atoms with Crippen molar-refractivity contribution in [3.63, 3.8) is 0 Å². The number of nitrogens with two attached hydrogens (primary N) is 1. The number of benzene rings is 2. The Kier molecular flexibility index (Phi) is 9.01. The Bertz CT molecular complexity index is 1500. The predicted octanol–water partition coefficient (Wildman–Crippen LogP) is 2.96. The first-order valence-electron chi connectivity index (χ1n) is 12.5. The molecule has 1 amide bonds. The van der Waals surface area contributed by atoms with E-state index in [1.54, 1.807) is 43.3 Å². The topological polar surface area (TPSA) is 159 Å². The van der Waals surface area contributed by atoms with Crippen molar-refractivity contribution in [1.29, 1.82) is 0 Å². The molecule has 0 aliphatic heterocycles. The summed E-state index contributed by atoms with van der Waals surface area (Å²) in [4.78, 5) is 15.4. The zero-order valence-electron chi connectivity index (χ0n) is 22.6. The molecule has 2 aromatic carbocycles. The molecule has 4 aromatic rings. The molecule has 210 valence electrons. The second-order valence-corrected chi connectivity index (χ2v) is 8.61. The molecular formula is C26H30FN9O4. The minimum absolute atomic E-state index is 0.0363. The maximum Gasteiger partial charge on any atom is 0.292 e. The van der Waals surface area contributed by atoms with Crippen molar-refractivity contribution in [2.45, 2.75) is 33.9 Å².